The van der Waals surface area contributed by atoms with Crippen molar-refractivity contribution in [1.82, 2.24) is 9.80 Å². The summed E-state index contributed by atoms with van der Waals surface area (Å²) in [6.07, 6.45) is 0.910. The van der Waals surface area contributed by atoms with Crippen molar-refractivity contribution in [2.45, 2.75) is 46.6 Å². The largest absolute Gasteiger partial charge is 0.481 e. The second kappa shape index (κ2) is 7.33. The average Bonchev–Trinajstić information content (AvgIpc) is 2.93. The summed E-state index contributed by atoms with van der Waals surface area (Å²) in [5.41, 5.74) is -0.105. The minimum absolute atomic E-state index is 0.0271. The highest BCUT2D eigenvalue weighted by atomic mass is 32.2. The zero-order chi connectivity index (χ0) is 18.1. The van der Waals surface area contributed by atoms with Crippen molar-refractivity contribution in [3.8, 4) is 0 Å². The summed E-state index contributed by atoms with van der Waals surface area (Å²) in [6.45, 7) is 8.85. The molecule has 0 spiro atoms. The fourth-order valence-electron chi connectivity index (χ4n) is 3.37. The molecular weight excluding hydrogens is 328 g/mol. The number of hydrogen-bond donors (Lipinski definition) is 1. The van der Waals surface area contributed by atoms with Crippen LogP contribution in [0.5, 0.6) is 0 Å². The van der Waals surface area contributed by atoms with Crippen molar-refractivity contribution >= 4 is 29.5 Å². The van der Waals surface area contributed by atoms with Gasteiger partial charge in [-0.05, 0) is 17.8 Å². The highest BCUT2D eigenvalue weighted by molar-refractivity contribution is 7.99. The Kier molecular flexibility index (Phi) is 5.83. The number of carboxylic acids is 1. The predicted molar refractivity (Wildman–Crippen MR) is 93.5 cm³/mol. The van der Waals surface area contributed by atoms with Crippen LogP contribution in [0.4, 0.5) is 0 Å². The Hall–Kier alpha value is -1.24. The molecule has 2 rings (SSSR count). The molecule has 7 heteroatoms. The summed E-state index contributed by atoms with van der Waals surface area (Å²) >= 11 is 1.61. The van der Waals surface area contributed by atoms with Crippen LogP contribution in [0, 0.1) is 17.3 Å². The van der Waals surface area contributed by atoms with Gasteiger partial charge in [-0.1, -0.05) is 27.7 Å². The third-order valence-corrected chi connectivity index (χ3v) is 5.72. The van der Waals surface area contributed by atoms with Crippen LogP contribution in [0.2, 0.25) is 0 Å². The van der Waals surface area contributed by atoms with Crippen LogP contribution in [-0.2, 0) is 14.4 Å². The molecule has 3 atom stereocenters. The number of amides is 2. The molecule has 2 fully saturated rings. The van der Waals surface area contributed by atoms with Gasteiger partial charge in [0.15, 0.2) is 0 Å². The van der Waals surface area contributed by atoms with Crippen LogP contribution >= 0.6 is 11.8 Å². The first-order valence-corrected chi connectivity index (χ1v) is 9.64. The van der Waals surface area contributed by atoms with E-state index in [-0.39, 0.29) is 29.1 Å². The van der Waals surface area contributed by atoms with Gasteiger partial charge in [0.05, 0.1) is 11.8 Å². The lowest BCUT2D eigenvalue weighted by Gasteiger charge is -2.37. The zero-order valence-corrected chi connectivity index (χ0v) is 15.8. The number of carboxylic acid groups (broad SMARTS) is 1. The molecular formula is C17H28N2O4S. The normalized spacial score (nSPS) is 28.1. The van der Waals surface area contributed by atoms with E-state index >= 15 is 0 Å². The van der Waals surface area contributed by atoms with Gasteiger partial charge in [-0.15, -0.1) is 11.8 Å². The number of thioether (sulfide) groups is 1. The van der Waals surface area contributed by atoms with E-state index in [1.807, 2.05) is 27.7 Å². The zero-order valence-electron chi connectivity index (χ0n) is 14.9. The van der Waals surface area contributed by atoms with Gasteiger partial charge in [0.1, 0.15) is 6.04 Å². The van der Waals surface area contributed by atoms with Gasteiger partial charge in [0.25, 0.3) is 0 Å². The van der Waals surface area contributed by atoms with E-state index in [4.69, 9.17) is 0 Å². The number of hydrogen-bond acceptors (Lipinski definition) is 4. The minimum atomic E-state index is -0.784. The first-order valence-electron chi connectivity index (χ1n) is 8.49. The summed E-state index contributed by atoms with van der Waals surface area (Å²) < 4.78 is 0. The van der Waals surface area contributed by atoms with Gasteiger partial charge >= 0.3 is 5.97 Å². The van der Waals surface area contributed by atoms with Gasteiger partial charge in [-0.25, -0.2) is 0 Å². The number of carbonyl (C=O) groups excluding carboxylic acids is 2. The molecule has 2 heterocycles. The van der Waals surface area contributed by atoms with Crippen molar-refractivity contribution in [3.05, 3.63) is 0 Å². The van der Waals surface area contributed by atoms with Gasteiger partial charge in [0, 0.05) is 25.3 Å². The molecule has 0 bridgehead atoms. The maximum Gasteiger partial charge on any atom is 0.306 e. The monoisotopic (exact) mass is 356 g/mol. The number of aliphatic carboxylic acids is 1. The predicted octanol–water partition coefficient (Wildman–Crippen LogP) is 1.89. The molecule has 6 nitrogen and oxygen atoms in total. The fraction of sp³-hybridized carbons (Fsp3) is 0.824. The molecule has 24 heavy (non-hydrogen) atoms. The van der Waals surface area contributed by atoms with Crippen molar-refractivity contribution in [2.24, 2.45) is 17.3 Å². The second-order valence-corrected chi connectivity index (χ2v) is 9.11. The molecule has 2 amide bonds. The smallest absolute Gasteiger partial charge is 0.306 e. The average molecular weight is 356 g/mol. The number of carbonyl (C=O) groups is 3. The molecule has 0 aromatic carbocycles. The third-order valence-electron chi connectivity index (χ3n) is 4.70. The third kappa shape index (κ3) is 4.43. The number of nitrogens with zero attached hydrogens (tertiary/aromatic N) is 2. The Morgan fingerprint density at radius 2 is 1.92 bits per heavy atom. The minimum Gasteiger partial charge on any atom is -0.481 e. The van der Waals surface area contributed by atoms with Gasteiger partial charge in [0.2, 0.25) is 11.8 Å². The van der Waals surface area contributed by atoms with E-state index < -0.39 is 12.0 Å². The lowest BCUT2D eigenvalue weighted by atomic mass is 9.86. The first-order chi connectivity index (χ1) is 11.1. The molecule has 0 saturated carbocycles. The molecule has 2 saturated heterocycles. The lowest BCUT2D eigenvalue weighted by Crippen LogP contribution is -2.53. The highest BCUT2D eigenvalue weighted by Gasteiger charge is 2.40. The van der Waals surface area contributed by atoms with Crippen LogP contribution in [-0.4, -0.2) is 63.5 Å². The van der Waals surface area contributed by atoms with Crippen LogP contribution in [0.3, 0.4) is 0 Å². The maximum atomic E-state index is 12.9. The summed E-state index contributed by atoms with van der Waals surface area (Å²) in [5.74, 6) is -0.0436. The van der Waals surface area contributed by atoms with E-state index in [9.17, 15) is 19.5 Å². The van der Waals surface area contributed by atoms with Gasteiger partial charge in [-0.2, -0.15) is 0 Å². The van der Waals surface area contributed by atoms with Crippen molar-refractivity contribution in [3.63, 3.8) is 0 Å². The topological polar surface area (TPSA) is 77.9 Å². The Bertz CT molecular complexity index is 517. The van der Waals surface area contributed by atoms with E-state index in [2.05, 4.69) is 0 Å². The molecule has 2 aliphatic rings. The standard InChI is InChI=1S/C17H28N2O4S/c1-11-8-18(6-5-12(11)16(22)23)15(21)13-9-24-10-19(13)14(20)7-17(2,3)4/h11-13H,5-10H2,1-4H3,(H,22,23). The molecule has 0 aliphatic carbocycles. The summed E-state index contributed by atoms with van der Waals surface area (Å²) in [6, 6.07) is -0.404. The van der Waals surface area contributed by atoms with Crippen LogP contribution in [0.15, 0.2) is 0 Å². The highest BCUT2D eigenvalue weighted by Crippen LogP contribution is 2.29. The quantitative estimate of drug-likeness (QED) is 0.835. The maximum absolute atomic E-state index is 12.9. The molecule has 0 aromatic heterocycles. The fourth-order valence-corrected chi connectivity index (χ4v) is 4.54. The van der Waals surface area contributed by atoms with Crippen LogP contribution < -0.4 is 0 Å². The van der Waals surface area contributed by atoms with Crippen molar-refractivity contribution in [2.75, 3.05) is 24.7 Å². The number of rotatable bonds is 3. The Morgan fingerprint density at radius 1 is 1.25 bits per heavy atom. The van der Waals surface area contributed by atoms with Gasteiger partial charge < -0.3 is 14.9 Å². The Balaban J connectivity index is 2.01. The van der Waals surface area contributed by atoms with E-state index in [1.54, 1.807) is 21.6 Å². The molecule has 3 unspecified atom stereocenters. The molecule has 0 aromatic rings. The number of piperidine rings is 1. The summed E-state index contributed by atoms with van der Waals surface area (Å²) in [7, 11) is 0. The van der Waals surface area contributed by atoms with E-state index in [1.165, 1.54) is 0 Å². The molecule has 136 valence electrons. The van der Waals surface area contributed by atoms with Crippen LogP contribution in [0.25, 0.3) is 0 Å². The van der Waals surface area contributed by atoms with E-state index in [0.717, 1.165) is 0 Å². The Morgan fingerprint density at radius 3 is 2.46 bits per heavy atom. The van der Waals surface area contributed by atoms with Gasteiger partial charge in [-0.3, -0.25) is 14.4 Å². The summed E-state index contributed by atoms with van der Waals surface area (Å²) in [4.78, 5) is 40.1. The van der Waals surface area contributed by atoms with Crippen LogP contribution in [0.1, 0.15) is 40.5 Å². The Labute approximate surface area is 147 Å². The summed E-state index contributed by atoms with van der Waals surface area (Å²) in [5, 5.41) is 9.21. The first kappa shape index (κ1) is 19.1. The lowest BCUT2D eigenvalue weighted by molar-refractivity contribution is -0.151. The SMILES string of the molecule is CC1CN(C(=O)C2CSCN2C(=O)CC(C)(C)C)CCC1C(=O)O. The number of likely N-dealkylation sites (tertiary alicyclic amines) is 1. The van der Waals surface area contributed by atoms with Crippen molar-refractivity contribution < 1.29 is 19.5 Å². The molecule has 1 N–H and O–H groups in total. The molecule has 0 radical (unpaired) electrons. The second-order valence-electron chi connectivity index (χ2n) is 8.11. The van der Waals surface area contributed by atoms with E-state index in [0.29, 0.717) is 37.6 Å². The molecule has 2 aliphatic heterocycles. The van der Waals surface area contributed by atoms with Crippen molar-refractivity contribution in [1.29, 1.82) is 0 Å².